The van der Waals surface area contributed by atoms with Crippen LogP contribution in [0.25, 0.3) is 0 Å². The first kappa shape index (κ1) is 54.8. The molecule has 0 aliphatic rings. The number of hydrogen-bond donors (Lipinski definition) is 0. The van der Waals surface area contributed by atoms with Crippen molar-refractivity contribution in [1.29, 1.82) is 0 Å². The van der Waals surface area contributed by atoms with Gasteiger partial charge in [0.25, 0.3) is 0 Å². The Labute approximate surface area is 473 Å². The largest absolute Gasteiger partial charge is 0.0622 e. The van der Waals surface area contributed by atoms with Crippen LogP contribution in [0.15, 0.2) is 358 Å². The summed E-state index contributed by atoms with van der Waals surface area (Å²) in [4.78, 5) is 0. The van der Waals surface area contributed by atoms with Crippen molar-refractivity contribution in [1.82, 2.24) is 0 Å². The van der Waals surface area contributed by atoms with E-state index in [2.05, 4.69) is 377 Å². The van der Waals surface area contributed by atoms with Crippen molar-refractivity contribution in [2.75, 3.05) is 0 Å². The third-order valence-corrected chi connectivity index (χ3v) is 22.5. The molecular weight excluding hydrogens is 1100 g/mol. The van der Waals surface area contributed by atoms with Crippen LogP contribution in [0.3, 0.4) is 0 Å². The molecule has 0 radical (unpaired) electrons. The fourth-order valence-electron chi connectivity index (χ4n) is 8.72. The second-order valence-electron chi connectivity index (χ2n) is 17.5. The number of hydrogen-bond acceptors (Lipinski definition) is 0. The Morgan fingerprint density at radius 1 is 0.130 bits per heavy atom. The van der Waals surface area contributed by atoms with Crippen LogP contribution in [0.1, 0.15) is 0 Å². The van der Waals surface area contributed by atoms with Crippen molar-refractivity contribution >= 4 is 99.4 Å². The summed E-state index contributed by atoms with van der Waals surface area (Å²) in [6.45, 7) is 0. The van der Waals surface area contributed by atoms with Gasteiger partial charge in [-0.2, -0.15) is 0 Å². The fraction of sp³-hybridized carbons (Fsp3) is 0. The number of rotatable bonds is 12. The van der Waals surface area contributed by atoms with Crippen LogP contribution in [-0.2, 0) is 19.2 Å². The smallest absolute Gasteiger partial charge is 0.0134 e. The third-order valence-electron chi connectivity index (χ3n) is 12.2. The summed E-state index contributed by atoms with van der Waals surface area (Å²) < 4.78 is 1.16. The van der Waals surface area contributed by atoms with Gasteiger partial charge in [-0.15, -0.1) is 0 Å². The predicted molar refractivity (Wildman–Crippen MR) is 340 cm³/mol. The Hall–Kier alpha value is -6.98. The van der Waals surface area contributed by atoms with E-state index in [0.29, 0.717) is 0 Å². The van der Waals surface area contributed by atoms with E-state index in [4.69, 9.17) is 0 Å². The van der Waals surface area contributed by atoms with Gasteiger partial charge in [0.1, 0.15) is 0 Å². The molecule has 0 atom stereocenters. The van der Waals surface area contributed by atoms with Crippen LogP contribution in [0, 0.1) is 0 Å². The van der Waals surface area contributed by atoms with Gasteiger partial charge in [-0.05, 0) is 71.5 Å². The van der Waals surface area contributed by atoms with Gasteiger partial charge in [0.15, 0.2) is 0 Å². The minimum Gasteiger partial charge on any atom is -0.0622 e. The molecular formula is C72H59P4Pd. The predicted octanol–water partition coefficient (Wildman–Crippen LogP) is 13.0. The molecule has 12 rings (SSSR count). The Bertz CT molecular complexity index is 2870. The van der Waals surface area contributed by atoms with Crippen molar-refractivity contribution in [3.05, 3.63) is 358 Å². The van der Waals surface area contributed by atoms with Crippen LogP contribution < -0.4 is 67.7 Å². The monoisotopic (exact) mass is 1150 g/mol. The van der Waals surface area contributed by atoms with Crippen molar-refractivity contribution in [3.63, 3.8) is 0 Å². The van der Waals surface area contributed by atoms with Crippen molar-refractivity contribution in [2.24, 2.45) is 0 Å². The van der Waals surface area contributed by atoms with Crippen LogP contribution in [0.5, 0.6) is 0 Å². The average molecular weight is 1150 g/mol. The Morgan fingerprint density at radius 3 is 0.351 bits per heavy atom. The standard InChI is InChI=1S/3C18H15P.C18H14P.Pd/c4*1-4-10-16(11-5-1)19(17-12-6-2-7-13-17)18-14-8-3-9-15-18;/h3*1-15H;1-2,4-15H;. The zero-order valence-electron chi connectivity index (χ0n) is 42.7. The molecule has 0 fully saturated rings. The summed E-state index contributed by atoms with van der Waals surface area (Å²) in [5, 5.41) is 16.7. The first-order valence-corrected chi connectivity index (χ1v) is 31.8. The Kier molecular flexibility index (Phi) is 21.4. The fourth-order valence-corrected chi connectivity index (χ4v) is 18.2. The maximum Gasteiger partial charge on any atom is -0.0134 e. The molecule has 377 valence electrons. The quantitative estimate of drug-likeness (QED) is 0.0845. The van der Waals surface area contributed by atoms with Gasteiger partial charge >= 0.3 is 132 Å². The molecule has 12 aromatic rings. The summed E-state index contributed by atoms with van der Waals surface area (Å²) in [5.74, 6) is 0. The molecule has 0 nitrogen and oxygen atoms in total. The topological polar surface area (TPSA) is 0 Å². The molecule has 0 aliphatic heterocycles. The zero-order chi connectivity index (χ0) is 52.5. The molecule has 0 unspecified atom stereocenters. The second kappa shape index (κ2) is 30.1. The van der Waals surface area contributed by atoms with Gasteiger partial charge in [0.05, 0.1) is 0 Å². The van der Waals surface area contributed by atoms with E-state index in [1.165, 1.54) is 63.7 Å². The van der Waals surface area contributed by atoms with Gasteiger partial charge in [-0.3, -0.25) is 0 Å². The van der Waals surface area contributed by atoms with Gasteiger partial charge in [0, 0.05) is 0 Å². The molecule has 0 saturated carbocycles. The normalized spacial score (nSPS) is 10.6. The maximum absolute atomic E-state index is 3.24. The maximum atomic E-state index is 3.24. The van der Waals surface area contributed by atoms with E-state index in [1.807, 2.05) is 0 Å². The summed E-state index contributed by atoms with van der Waals surface area (Å²) in [6, 6.07) is 127. The number of benzene rings is 12. The Morgan fingerprint density at radius 2 is 0.234 bits per heavy atom. The third kappa shape index (κ3) is 16.0. The molecule has 0 spiro atoms. The SMILES string of the molecule is [Pd][c]1ccc(P(c2ccccc2)c2ccccc2)cc1.c1ccc(P(c2ccccc2)c2ccccc2)cc1.c1ccc(P(c2ccccc2)c2ccccc2)cc1.c1ccc(P(c2ccccc2)c2ccccc2)cc1. The van der Waals surface area contributed by atoms with Crippen molar-refractivity contribution in [3.8, 4) is 0 Å². The van der Waals surface area contributed by atoms with Gasteiger partial charge < -0.3 is 0 Å². The first-order chi connectivity index (χ1) is 38.2. The Balaban J connectivity index is 0.000000125. The van der Waals surface area contributed by atoms with Gasteiger partial charge in [-0.25, -0.2) is 0 Å². The minimum absolute atomic E-state index is 0.446. The molecule has 0 bridgehead atoms. The van der Waals surface area contributed by atoms with Crippen molar-refractivity contribution < 1.29 is 19.2 Å². The van der Waals surface area contributed by atoms with E-state index in [-0.39, 0.29) is 0 Å². The van der Waals surface area contributed by atoms with E-state index in [9.17, 15) is 0 Å². The summed E-state index contributed by atoms with van der Waals surface area (Å²) in [7, 11) is -1.81. The van der Waals surface area contributed by atoms with E-state index < -0.39 is 31.7 Å². The second-order valence-corrected chi connectivity index (χ2v) is 27.3. The molecule has 0 aromatic heterocycles. The molecule has 0 heterocycles. The molecule has 12 aromatic carbocycles. The summed E-state index contributed by atoms with van der Waals surface area (Å²) in [5.41, 5.74) is 0. The van der Waals surface area contributed by atoms with Gasteiger partial charge in [0.2, 0.25) is 0 Å². The van der Waals surface area contributed by atoms with Gasteiger partial charge in [-0.1, -0.05) is 273 Å². The molecule has 0 amide bonds. The zero-order valence-corrected chi connectivity index (χ0v) is 47.8. The van der Waals surface area contributed by atoms with Crippen molar-refractivity contribution in [2.45, 2.75) is 0 Å². The van der Waals surface area contributed by atoms with Crippen LogP contribution in [0.2, 0.25) is 0 Å². The molecule has 5 heteroatoms. The van der Waals surface area contributed by atoms with E-state index in [0.717, 1.165) is 4.04 Å². The first-order valence-electron chi connectivity index (χ1n) is 25.7. The average Bonchev–Trinajstić information content (AvgIpc) is 3.52. The molecule has 0 saturated heterocycles. The summed E-state index contributed by atoms with van der Waals surface area (Å²) in [6.07, 6.45) is 0. The van der Waals surface area contributed by atoms with E-state index in [1.54, 1.807) is 0 Å². The molecule has 77 heavy (non-hydrogen) atoms. The van der Waals surface area contributed by atoms with Crippen LogP contribution >= 0.6 is 31.7 Å². The van der Waals surface area contributed by atoms with Crippen LogP contribution in [-0.4, -0.2) is 0 Å². The molecule has 0 aliphatic carbocycles. The van der Waals surface area contributed by atoms with E-state index >= 15 is 0 Å². The summed E-state index contributed by atoms with van der Waals surface area (Å²) >= 11 is 3.24. The molecule has 0 N–H and O–H groups in total. The van der Waals surface area contributed by atoms with Crippen LogP contribution in [0.4, 0.5) is 0 Å². The minimum atomic E-state index is -0.475.